The molecule has 0 aliphatic heterocycles. The van der Waals surface area contributed by atoms with Gasteiger partial charge in [-0.05, 0) is 97.7 Å². The topological polar surface area (TPSA) is 87.0 Å². The Bertz CT molecular complexity index is 968. The summed E-state index contributed by atoms with van der Waals surface area (Å²) in [5.74, 6) is 0.430. The predicted molar refractivity (Wildman–Crippen MR) is 140 cm³/mol. The molecule has 0 aromatic carbocycles. The van der Waals surface area contributed by atoms with Crippen LogP contribution in [0.3, 0.4) is 0 Å². The number of allylic oxidation sites excluding steroid dienone is 1. The summed E-state index contributed by atoms with van der Waals surface area (Å²) in [6.07, 6.45) is 7.88. The molecular formula is C31H50O5. The fraction of sp³-hybridized carbons (Fsp3) is 0.903. The number of aliphatic hydroxyl groups excluding tert-OH is 2. The van der Waals surface area contributed by atoms with Gasteiger partial charge in [-0.3, -0.25) is 4.79 Å². The average molecular weight is 503 g/mol. The molecule has 0 heterocycles. The summed E-state index contributed by atoms with van der Waals surface area (Å²) in [6, 6.07) is 0. The Morgan fingerprint density at radius 1 is 0.972 bits per heavy atom. The van der Waals surface area contributed by atoms with Crippen LogP contribution < -0.4 is 0 Å². The minimum absolute atomic E-state index is 0.0144. The first-order valence-electron chi connectivity index (χ1n) is 14.4. The predicted octanol–water partition coefficient (Wildman–Crippen LogP) is 5.26. The Hall–Kier alpha value is -0.910. The van der Waals surface area contributed by atoms with Crippen LogP contribution in [0.15, 0.2) is 11.6 Å². The number of aliphatic hydroxyl groups is 3. The molecule has 36 heavy (non-hydrogen) atoms. The average Bonchev–Trinajstić information content (AvgIpc) is 2.80. The number of esters is 1. The Labute approximate surface area is 218 Å². The highest BCUT2D eigenvalue weighted by atomic mass is 16.5. The van der Waals surface area contributed by atoms with Gasteiger partial charge in [0.1, 0.15) is 0 Å². The van der Waals surface area contributed by atoms with E-state index in [4.69, 9.17) is 4.74 Å². The smallest absolute Gasteiger partial charge is 0.312 e. The van der Waals surface area contributed by atoms with Crippen LogP contribution in [0, 0.1) is 50.7 Å². The molecule has 0 aromatic rings. The maximum absolute atomic E-state index is 13.4. The van der Waals surface area contributed by atoms with Gasteiger partial charge in [-0.25, -0.2) is 0 Å². The van der Waals surface area contributed by atoms with Crippen LogP contribution >= 0.6 is 0 Å². The van der Waals surface area contributed by atoms with Crippen molar-refractivity contribution in [3.63, 3.8) is 0 Å². The molecule has 5 heteroatoms. The molecule has 5 aliphatic rings. The zero-order chi connectivity index (χ0) is 26.7. The van der Waals surface area contributed by atoms with Crippen LogP contribution in [0.2, 0.25) is 0 Å². The molecule has 0 radical (unpaired) electrons. The van der Waals surface area contributed by atoms with E-state index in [1.807, 2.05) is 6.92 Å². The summed E-state index contributed by atoms with van der Waals surface area (Å²) in [5, 5.41) is 34.0. The fourth-order valence-electron chi connectivity index (χ4n) is 11.2. The van der Waals surface area contributed by atoms with Gasteiger partial charge >= 0.3 is 5.97 Å². The Morgan fingerprint density at radius 3 is 2.28 bits per heavy atom. The van der Waals surface area contributed by atoms with Crippen molar-refractivity contribution in [1.29, 1.82) is 0 Å². The summed E-state index contributed by atoms with van der Waals surface area (Å²) >= 11 is 0. The molecule has 11 atom stereocenters. The zero-order valence-electron chi connectivity index (χ0n) is 23.9. The molecule has 4 fully saturated rings. The third kappa shape index (κ3) is 2.97. The van der Waals surface area contributed by atoms with Crippen molar-refractivity contribution in [3.8, 4) is 0 Å². The van der Waals surface area contributed by atoms with Crippen molar-refractivity contribution >= 4 is 5.97 Å². The van der Waals surface area contributed by atoms with Crippen LogP contribution in [-0.2, 0) is 9.53 Å². The summed E-state index contributed by atoms with van der Waals surface area (Å²) in [6.45, 7) is 15.6. The molecule has 0 amide bonds. The minimum atomic E-state index is -0.975. The van der Waals surface area contributed by atoms with E-state index in [0.717, 1.165) is 44.9 Å². The third-order valence-electron chi connectivity index (χ3n) is 13.6. The number of hydrogen-bond donors (Lipinski definition) is 3. The molecule has 4 saturated carbocycles. The first-order valence-corrected chi connectivity index (χ1v) is 14.4. The van der Waals surface area contributed by atoms with Gasteiger partial charge in [0.05, 0.1) is 30.3 Å². The molecule has 204 valence electrons. The highest BCUT2D eigenvalue weighted by Crippen LogP contribution is 2.76. The Kier molecular flexibility index (Phi) is 5.80. The number of methoxy groups -OCH3 is 1. The number of carbonyl (C=O) groups is 1. The molecule has 0 bridgehead atoms. The largest absolute Gasteiger partial charge is 0.469 e. The van der Waals surface area contributed by atoms with E-state index in [-0.39, 0.29) is 39.5 Å². The van der Waals surface area contributed by atoms with Crippen molar-refractivity contribution in [1.82, 2.24) is 0 Å². The normalized spacial score (nSPS) is 55.8. The van der Waals surface area contributed by atoms with Gasteiger partial charge in [-0.15, -0.1) is 0 Å². The van der Waals surface area contributed by atoms with Gasteiger partial charge in [-0.2, -0.15) is 0 Å². The lowest BCUT2D eigenvalue weighted by Gasteiger charge is -2.72. The Balaban J connectivity index is 1.65. The highest BCUT2D eigenvalue weighted by molar-refractivity contribution is 5.79. The van der Waals surface area contributed by atoms with Gasteiger partial charge in [0, 0.05) is 5.92 Å². The molecule has 3 N–H and O–H groups in total. The monoisotopic (exact) mass is 502 g/mol. The van der Waals surface area contributed by atoms with Crippen LogP contribution in [0.5, 0.6) is 0 Å². The maximum Gasteiger partial charge on any atom is 0.312 e. The third-order valence-corrected chi connectivity index (χ3v) is 13.6. The molecule has 5 rings (SSSR count). The molecule has 0 unspecified atom stereocenters. The number of fused-ring (bicyclic) bond motifs is 7. The molecular weight excluding hydrogens is 452 g/mol. The van der Waals surface area contributed by atoms with Gasteiger partial charge in [-0.1, -0.05) is 53.2 Å². The lowest BCUT2D eigenvalue weighted by atomic mass is 9.33. The highest BCUT2D eigenvalue weighted by Gasteiger charge is 2.72. The van der Waals surface area contributed by atoms with Crippen LogP contribution in [0.25, 0.3) is 0 Å². The van der Waals surface area contributed by atoms with E-state index in [1.54, 1.807) is 0 Å². The van der Waals surface area contributed by atoms with Crippen molar-refractivity contribution < 1.29 is 24.9 Å². The fourth-order valence-corrected chi connectivity index (χ4v) is 11.2. The van der Waals surface area contributed by atoms with E-state index in [9.17, 15) is 20.1 Å². The van der Waals surface area contributed by atoms with Crippen molar-refractivity contribution in [3.05, 3.63) is 11.6 Å². The van der Waals surface area contributed by atoms with Crippen molar-refractivity contribution in [2.24, 2.45) is 50.7 Å². The number of rotatable bonds is 1. The van der Waals surface area contributed by atoms with E-state index >= 15 is 0 Å². The number of ether oxygens (including phenoxy) is 1. The first kappa shape index (κ1) is 26.7. The number of carbonyl (C=O) groups excluding carboxylic acids is 1. The standard InChI is InChI=1S/C31H50O5/c1-18-11-14-31(25(34)36-8)16-15-28(5)19(23(31)30(18,7)35)9-10-22-27(4)17-20(32)24(33)26(2,3)21(27)12-13-29(22,28)6/h9,18,20-24,32-33,35H,10-17H2,1-8H3/t18-,20-,21+,22-,23+,24-,27-,28-,29-,30-,31+/m1/s1. The van der Waals surface area contributed by atoms with Gasteiger partial charge in [0.25, 0.3) is 0 Å². The van der Waals surface area contributed by atoms with Gasteiger partial charge < -0.3 is 20.1 Å². The molecule has 0 aromatic heterocycles. The lowest BCUT2D eigenvalue weighted by molar-refractivity contribution is -0.237. The summed E-state index contributed by atoms with van der Waals surface area (Å²) in [4.78, 5) is 13.4. The number of hydrogen-bond acceptors (Lipinski definition) is 5. The van der Waals surface area contributed by atoms with Crippen molar-refractivity contribution in [2.45, 2.75) is 118 Å². The SMILES string of the molecule is COC(=O)[C@]12CC[C@@H](C)[C@@](C)(O)[C@@H]1C1=CC[C@@H]3[C@]4(C)C[C@@H](O)[C@@H](O)C(C)(C)[C@@H]4CC[C@@]3(C)[C@]1(C)CC2. The minimum Gasteiger partial charge on any atom is -0.469 e. The molecule has 0 spiro atoms. The van der Waals surface area contributed by atoms with Crippen LogP contribution in [0.4, 0.5) is 0 Å². The quantitative estimate of drug-likeness (QED) is 0.336. The molecule has 5 aliphatic carbocycles. The van der Waals surface area contributed by atoms with E-state index in [2.05, 4.69) is 47.6 Å². The summed E-state index contributed by atoms with van der Waals surface area (Å²) < 4.78 is 5.43. The molecule has 0 saturated heterocycles. The summed E-state index contributed by atoms with van der Waals surface area (Å²) in [5.41, 5.74) is -0.928. The Morgan fingerprint density at radius 2 is 1.64 bits per heavy atom. The van der Waals surface area contributed by atoms with Gasteiger partial charge in [0.15, 0.2) is 0 Å². The van der Waals surface area contributed by atoms with Crippen LogP contribution in [-0.4, -0.2) is 46.2 Å². The first-order chi connectivity index (χ1) is 16.5. The summed E-state index contributed by atoms with van der Waals surface area (Å²) in [7, 11) is 1.49. The van der Waals surface area contributed by atoms with Crippen LogP contribution in [0.1, 0.15) is 99.8 Å². The van der Waals surface area contributed by atoms with E-state index in [1.165, 1.54) is 12.7 Å². The molecule has 5 nitrogen and oxygen atoms in total. The second-order valence-electron chi connectivity index (χ2n) is 15.1. The van der Waals surface area contributed by atoms with Crippen molar-refractivity contribution in [2.75, 3.05) is 7.11 Å². The second-order valence-corrected chi connectivity index (χ2v) is 15.1. The lowest BCUT2D eigenvalue weighted by Crippen LogP contribution is -2.68. The second kappa shape index (κ2) is 7.82. The zero-order valence-corrected chi connectivity index (χ0v) is 23.9. The maximum atomic E-state index is 13.4. The van der Waals surface area contributed by atoms with Gasteiger partial charge in [0.2, 0.25) is 0 Å². The van der Waals surface area contributed by atoms with E-state index in [0.29, 0.717) is 18.3 Å². The van der Waals surface area contributed by atoms with E-state index < -0.39 is 23.2 Å².